The normalized spacial score (nSPS) is 15.3. The van der Waals surface area contributed by atoms with Gasteiger partial charge in [-0.05, 0) is 37.4 Å². The van der Waals surface area contributed by atoms with Crippen molar-refractivity contribution >= 4 is 52.0 Å². The van der Waals surface area contributed by atoms with E-state index < -0.39 is 35.5 Å². The molecule has 3 amide bonds. The SMILES string of the molecule is CN[C@H](CNC(=O)c1ccc(Cl)s1)C(=O)Nc1ccc(N2CCOCC2=O)c(C(F)(F)F)c1. The van der Waals surface area contributed by atoms with Crippen LogP contribution in [-0.4, -0.2) is 57.1 Å². The number of carbonyl (C=O) groups excluding carboxylic acids is 3. The highest BCUT2D eigenvalue weighted by molar-refractivity contribution is 7.18. The standard InChI is InChI=1S/C20H20ClF3N4O4S/c1-25-13(9-26-19(31)15-4-5-16(21)33-15)18(30)27-11-2-3-14(12(8-11)20(22,23)24)28-6-7-32-10-17(28)29/h2-5,8,13,25H,6-7,9-10H2,1H3,(H,26,31)(H,27,30)/t13-/m1/s1. The van der Waals surface area contributed by atoms with E-state index in [0.717, 1.165) is 28.4 Å². The van der Waals surface area contributed by atoms with E-state index in [1.165, 1.54) is 19.2 Å². The van der Waals surface area contributed by atoms with Crippen LogP contribution in [-0.2, 0) is 20.5 Å². The number of morpholine rings is 1. The third-order valence-corrected chi connectivity index (χ3v) is 6.00. The van der Waals surface area contributed by atoms with Gasteiger partial charge in [0.15, 0.2) is 0 Å². The van der Waals surface area contributed by atoms with Gasteiger partial charge in [-0.1, -0.05) is 11.6 Å². The number of thiophene rings is 1. The Kier molecular flexibility index (Phi) is 7.95. The summed E-state index contributed by atoms with van der Waals surface area (Å²) in [5, 5.41) is 7.70. The molecule has 0 saturated carbocycles. The van der Waals surface area contributed by atoms with Crippen molar-refractivity contribution in [1.29, 1.82) is 0 Å². The number of amides is 3. The van der Waals surface area contributed by atoms with E-state index in [4.69, 9.17) is 16.3 Å². The van der Waals surface area contributed by atoms with Crippen molar-refractivity contribution in [1.82, 2.24) is 10.6 Å². The number of alkyl halides is 3. The molecule has 8 nitrogen and oxygen atoms in total. The summed E-state index contributed by atoms with van der Waals surface area (Å²) in [4.78, 5) is 38.1. The van der Waals surface area contributed by atoms with Gasteiger partial charge in [-0.3, -0.25) is 14.4 Å². The van der Waals surface area contributed by atoms with Crippen molar-refractivity contribution in [2.45, 2.75) is 12.2 Å². The molecule has 1 fully saturated rings. The van der Waals surface area contributed by atoms with Gasteiger partial charge >= 0.3 is 6.18 Å². The predicted molar refractivity (Wildman–Crippen MR) is 118 cm³/mol. The van der Waals surface area contributed by atoms with Gasteiger partial charge in [-0.15, -0.1) is 11.3 Å². The second kappa shape index (κ2) is 10.5. The molecule has 0 radical (unpaired) electrons. The Hall–Kier alpha value is -2.67. The summed E-state index contributed by atoms with van der Waals surface area (Å²) in [5.41, 5.74) is -1.46. The molecule has 1 aromatic heterocycles. The molecular weight excluding hydrogens is 485 g/mol. The van der Waals surface area contributed by atoms with Gasteiger partial charge < -0.3 is 25.6 Å². The van der Waals surface area contributed by atoms with Gasteiger partial charge in [-0.25, -0.2) is 0 Å². The number of carbonyl (C=O) groups is 3. The van der Waals surface area contributed by atoms with Gasteiger partial charge in [-0.2, -0.15) is 13.2 Å². The fourth-order valence-corrected chi connectivity index (χ4v) is 4.08. The lowest BCUT2D eigenvalue weighted by molar-refractivity contribution is -0.137. The first-order chi connectivity index (χ1) is 15.6. The van der Waals surface area contributed by atoms with E-state index in [0.29, 0.717) is 9.21 Å². The zero-order valence-electron chi connectivity index (χ0n) is 17.3. The zero-order valence-corrected chi connectivity index (χ0v) is 18.9. The van der Waals surface area contributed by atoms with E-state index >= 15 is 0 Å². The van der Waals surface area contributed by atoms with E-state index in [-0.39, 0.29) is 37.7 Å². The third-order valence-electron chi connectivity index (χ3n) is 4.77. The van der Waals surface area contributed by atoms with Crippen LogP contribution in [0.1, 0.15) is 15.2 Å². The highest BCUT2D eigenvalue weighted by Crippen LogP contribution is 2.38. The first kappa shape index (κ1) is 25.0. The maximum absolute atomic E-state index is 13.7. The maximum Gasteiger partial charge on any atom is 0.418 e. The molecular formula is C20H20ClF3N4O4S. The largest absolute Gasteiger partial charge is 0.418 e. The van der Waals surface area contributed by atoms with Crippen LogP contribution < -0.4 is 20.9 Å². The van der Waals surface area contributed by atoms with Crippen molar-refractivity contribution in [2.24, 2.45) is 0 Å². The average molecular weight is 505 g/mol. The summed E-state index contributed by atoms with van der Waals surface area (Å²) in [7, 11) is 1.48. The molecule has 178 valence electrons. The van der Waals surface area contributed by atoms with Crippen molar-refractivity contribution in [3.8, 4) is 0 Å². The topological polar surface area (TPSA) is 99.8 Å². The monoisotopic (exact) mass is 504 g/mol. The first-order valence-electron chi connectivity index (χ1n) is 9.71. The summed E-state index contributed by atoms with van der Waals surface area (Å²) < 4.78 is 46.5. The number of ether oxygens (including phenoxy) is 1. The quantitative estimate of drug-likeness (QED) is 0.538. The fraction of sp³-hybridized carbons (Fsp3) is 0.350. The summed E-state index contributed by atoms with van der Waals surface area (Å²) in [6.45, 7) is -0.300. The van der Waals surface area contributed by atoms with Crippen LogP contribution in [0, 0.1) is 0 Å². The number of nitrogens with zero attached hydrogens (tertiary/aromatic N) is 1. The van der Waals surface area contributed by atoms with Crippen LogP contribution in [0.25, 0.3) is 0 Å². The maximum atomic E-state index is 13.7. The van der Waals surface area contributed by atoms with E-state index in [2.05, 4.69) is 16.0 Å². The number of hydrogen-bond donors (Lipinski definition) is 3. The Morgan fingerprint density at radius 1 is 1.27 bits per heavy atom. The van der Waals surface area contributed by atoms with Crippen LogP contribution in [0.3, 0.4) is 0 Å². The molecule has 3 N–H and O–H groups in total. The molecule has 3 rings (SSSR count). The Balaban J connectivity index is 1.72. The van der Waals surface area contributed by atoms with E-state index in [1.807, 2.05) is 0 Å². The van der Waals surface area contributed by atoms with Crippen LogP contribution >= 0.6 is 22.9 Å². The molecule has 0 aliphatic carbocycles. The molecule has 1 aliphatic heterocycles. The van der Waals surface area contributed by atoms with Gasteiger partial charge in [0.05, 0.1) is 27.1 Å². The minimum Gasteiger partial charge on any atom is -0.370 e. The lowest BCUT2D eigenvalue weighted by atomic mass is 10.1. The highest BCUT2D eigenvalue weighted by atomic mass is 35.5. The minimum absolute atomic E-state index is 0.00933. The predicted octanol–water partition coefficient (Wildman–Crippen LogP) is 2.74. The molecule has 0 spiro atoms. The molecule has 13 heteroatoms. The Labute approximate surface area is 196 Å². The molecule has 2 aromatic rings. The smallest absolute Gasteiger partial charge is 0.370 e. The molecule has 1 atom stereocenters. The summed E-state index contributed by atoms with van der Waals surface area (Å²) in [5.74, 6) is -1.66. The van der Waals surface area contributed by atoms with Crippen LogP contribution in [0.5, 0.6) is 0 Å². The Morgan fingerprint density at radius 2 is 2.03 bits per heavy atom. The number of rotatable bonds is 7. The summed E-state index contributed by atoms with van der Waals surface area (Å²) >= 11 is 6.88. The Morgan fingerprint density at radius 3 is 2.64 bits per heavy atom. The zero-order chi connectivity index (χ0) is 24.2. The number of nitrogens with one attached hydrogen (secondary N) is 3. The first-order valence-corrected chi connectivity index (χ1v) is 10.9. The molecule has 33 heavy (non-hydrogen) atoms. The molecule has 2 heterocycles. The summed E-state index contributed by atoms with van der Waals surface area (Å²) in [6.07, 6.45) is -4.76. The van der Waals surface area contributed by atoms with Crippen molar-refractivity contribution in [3.63, 3.8) is 0 Å². The van der Waals surface area contributed by atoms with Gasteiger partial charge in [0.25, 0.3) is 11.8 Å². The number of likely N-dealkylation sites (N-methyl/N-ethyl adjacent to an activating group) is 1. The molecule has 1 aliphatic rings. The molecule has 0 unspecified atom stereocenters. The summed E-state index contributed by atoms with van der Waals surface area (Å²) in [6, 6.07) is 5.38. The van der Waals surface area contributed by atoms with Gasteiger partial charge in [0, 0.05) is 18.8 Å². The van der Waals surface area contributed by atoms with Crippen molar-refractivity contribution < 1.29 is 32.3 Å². The van der Waals surface area contributed by atoms with Crippen molar-refractivity contribution in [2.75, 3.05) is 43.6 Å². The number of anilines is 2. The fourth-order valence-electron chi connectivity index (χ4n) is 3.12. The highest BCUT2D eigenvalue weighted by Gasteiger charge is 2.37. The number of hydrogen-bond acceptors (Lipinski definition) is 6. The van der Waals surface area contributed by atoms with Crippen molar-refractivity contribution in [3.05, 3.63) is 45.1 Å². The number of halogens is 4. The van der Waals surface area contributed by atoms with E-state index in [9.17, 15) is 27.6 Å². The van der Waals surface area contributed by atoms with E-state index in [1.54, 1.807) is 6.07 Å². The molecule has 1 aromatic carbocycles. The minimum atomic E-state index is -4.76. The molecule has 1 saturated heterocycles. The lowest BCUT2D eigenvalue weighted by Gasteiger charge is -2.29. The van der Waals surface area contributed by atoms with Crippen LogP contribution in [0.2, 0.25) is 4.34 Å². The van der Waals surface area contributed by atoms with Crippen LogP contribution in [0.4, 0.5) is 24.5 Å². The lowest BCUT2D eigenvalue weighted by Crippen LogP contribution is -2.47. The Bertz CT molecular complexity index is 1050. The third kappa shape index (κ3) is 6.22. The number of benzene rings is 1. The van der Waals surface area contributed by atoms with Gasteiger partial charge in [0.1, 0.15) is 12.6 Å². The van der Waals surface area contributed by atoms with Gasteiger partial charge in [0.2, 0.25) is 5.91 Å². The second-order valence-electron chi connectivity index (χ2n) is 6.97. The average Bonchev–Trinajstić information content (AvgIpc) is 3.20. The second-order valence-corrected chi connectivity index (χ2v) is 8.69. The molecule has 0 bridgehead atoms. The van der Waals surface area contributed by atoms with Crippen LogP contribution in [0.15, 0.2) is 30.3 Å².